The van der Waals surface area contributed by atoms with Gasteiger partial charge in [0.05, 0.1) is 5.69 Å². The summed E-state index contributed by atoms with van der Waals surface area (Å²) in [5.74, 6) is 0.779. The lowest BCUT2D eigenvalue weighted by Gasteiger charge is -2.30. The number of aliphatic hydroxyl groups is 1. The fourth-order valence-corrected chi connectivity index (χ4v) is 4.41. The van der Waals surface area contributed by atoms with Gasteiger partial charge in [-0.25, -0.2) is 0 Å². The molecule has 25 heavy (non-hydrogen) atoms. The van der Waals surface area contributed by atoms with Crippen molar-refractivity contribution in [2.45, 2.75) is 25.3 Å². The third-order valence-corrected chi connectivity index (χ3v) is 5.63. The first-order valence-electron chi connectivity index (χ1n) is 8.75. The molecule has 1 heterocycles. The fourth-order valence-electron chi connectivity index (χ4n) is 4.41. The molecule has 4 atom stereocenters. The monoisotopic (exact) mass is 339 g/mol. The number of nitrogens with zero attached hydrogens (tertiary/aromatic N) is 2. The topological polar surface area (TPSA) is 84.2 Å². The zero-order chi connectivity index (χ0) is 17.4. The highest BCUT2D eigenvalue weighted by molar-refractivity contribution is 5.92. The average molecular weight is 339 g/mol. The molecule has 4 unspecified atom stereocenters. The molecule has 1 aromatic heterocycles. The van der Waals surface area contributed by atoms with Crippen molar-refractivity contribution in [3.05, 3.63) is 58.5 Å². The first kappa shape index (κ1) is 16.0. The molecule has 2 saturated carbocycles. The van der Waals surface area contributed by atoms with Gasteiger partial charge in [0, 0.05) is 24.6 Å². The van der Waals surface area contributed by atoms with E-state index in [1.807, 2.05) is 18.2 Å². The van der Waals surface area contributed by atoms with E-state index in [9.17, 15) is 14.7 Å². The number of benzene rings is 1. The molecular formula is C19H21N3O3. The summed E-state index contributed by atoms with van der Waals surface area (Å²) in [6.07, 6.45) is 3.32. The van der Waals surface area contributed by atoms with E-state index in [-0.39, 0.29) is 35.7 Å². The van der Waals surface area contributed by atoms with Crippen molar-refractivity contribution in [2.75, 3.05) is 6.61 Å². The van der Waals surface area contributed by atoms with E-state index in [4.69, 9.17) is 0 Å². The Hall–Kier alpha value is -2.47. The average Bonchev–Trinajstić information content (AvgIpc) is 3.24. The first-order valence-corrected chi connectivity index (χ1v) is 8.75. The van der Waals surface area contributed by atoms with Crippen LogP contribution in [-0.4, -0.2) is 33.4 Å². The van der Waals surface area contributed by atoms with Crippen LogP contribution in [0.1, 0.15) is 29.8 Å². The summed E-state index contributed by atoms with van der Waals surface area (Å²) in [6.45, 7) is 0.100. The molecule has 0 saturated heterocycles. The van der Waals surface area contributed by atoms with Crippen molar-refractivity contribution in [2.24, 2.45) is 17.8 Å². The van der Waals surface area contributed by atoms with Crippen LogP contribution in [0, 0.1) is 17.8 Å². The quantitative estimate of drug-likeness (QED) is 0.881. The molecule has 2 bridgehead atoms. The number of aromatic nitrogens is 2. The number of carbonyl (C=O) groups is 1. The maximum Gasteiger partial charge on any atom is 0.271 e. The summed E-state index contributed by atoms with van der Waals surface area (Å²) in [5, 5.41) is 16.9. The summed E-state index contributed by atoms with van der Waals surface area (Å²) in [4.78, 5) is 24.7. The molecule has 0 spiro atoms. The van der Waals surface area contributed by atoms with Crippen LogP contribution in [0.3, 0.4) is 0 Å². The molecule has 2 aliphatic rings. The molecule has 130 valence electrons. The maximum atomic E-state index is 12.7. The van der Waals surface area contributed by atoms with Crippen LogP contribution in [0.4, 0.5) is 0 Å². The number of rotatable bonds is 4. The molecule has 0 aliphatic heterocycles. The van der Waals surface area contributed by atoms with Crippen molar-refractivity contribution in [3.8, 4) is 5.69 Å². The van der Waals surface area contributed by atoms with Gasteiger partial charge in [-0.2, -0.15) is 9.78 Å². The minimum absolute atomic E-state index is 0.00449. The zero-order valence-corrected chi connectivity index (χ0v) is 13.8. The number of para-hydroxylation sites is 1. The molecular weight excluding hydrogens is 318 g/mol. The highest BCUT2D eigenvalue weighted by Gasteiger charge is 2.47. The zero-order valence-electron chi connectivity index (χ0n) is 13.8. The van der Waals surface area contributed by atoms with Crippen LogP contribution < -0.4 is 10.9 Å². The van der Waals surface area contributed by atoms with Gasteiger partial charge in [-0.1, -0.05) is 18.2 Å². The third kappa shape index (κ3) is 2.87. The number of aliphatic hydroxyl groups excluding tert-OH is 1. The molecule has 6 heteroatoms. The molecule has 6 nitrogen and oxygen atoms in total. The second-order valence-electron chi connectivity index (χ2n) is 6.98. The number of hydrogen-bond donors (Lipinski definition) is 2. The van der Waals surface area contributed by atoms with E-state index in [1.165, 1.54) is 16.8 Å². The lowest BCUT2D eigenvalue weighted by molar-refractivity contribution is 0.0855. The Morgan fingerprint density at radius 3 is 2.68 bits per heavy atom. The second kappa shape index (κ2) is 6.44. The third-order valence-electron chi connectivity index (χ3n) is 5.63. The van der Waals surface area contributed by atoms with Crippen molar-refractivity contribution in [1.29, 1.82) is 0 Å². The summed E-state index contributed by atoms with van der Waals surface area (Å²) in [5.41, 5.74) is 0.550. The predicted octanol–water partition coefficient (Wildman–Crippen LogP) is 1.37. The molecule has 1 amide bonds. The highest BCUT2D eigenvalue weighted by Crippen LogP contribution is 2.48. The Balaban J connectivity index is 1.58. The van der Waals surface area contributed by atoms with Gasteiger partial charge in [0.15, 0.2) is 0 Å². The van der Waals surface area contributed by atoms with Gasteiger partial charge in [-0.15, -0.1) is 0 Å². The van der Waals surface area contributed by atoms with Crippen LogP contribution in [-0.2, 0) is 0 Å². The van der Waals surface area contributed by atoms with E-state index in [0.717, 1.165) is 19.3 Å². The SMILES string of the molecule is O=C(NC1C2CCC(C2)C1CO)c1ccc(=O)n(-c2ccccc2)n1. The van der Waals surface area contributed by atoms with Crippen LogP contribution in [0.2, 0.25) is 0 Å². The number of nitrogens with one attached hydrogen (secondary N) is 1. The number of amides is 1. The van der Waals surface area contributed by atoms with Gasteiger partial charge in [-0.05, 0) is 49.3 Å². The molecule has 2 N–H and O–H groups in total. The standard InChI is InChI=1S/C19H21N3O3/c23-11-15-12-6-7-13(10-12)18(15)20-19(25)16-8-9-17(24)22(21-16)14-4-2-1-3-5-14/h1-5,8-9,12-13,15,18,23H,6-7,10-11H2,(H,20,25). The molecule has 4 rings (SSSR count). The molecule has 2 aliphatic carbocycles. The van der Waals surface area contributed by atoms with Gasteiger partial charge in [0.25, 0.3) is 11.5 Å². The van der Waals surface area contributed by atoms with Crippen LogP contribution >= 0.6 is 0 Å². The lowest BCUT2D eigenvalue weighted by Crippen LogP contribution is -2.45. The van der Waals surface area contributed by atoms with Gasteiger partial charge >= 0.3 is 0 Å². The maximum absolute atomic E-state index is 12.7. The number of carbonyl (C=O) groups excluding carboxylic acids is 1. The first-order chi connectivity index (χ1) is 12.2. The lowest BCUT2D eigenvalue weighted by atomic mass is 9.85. The summed E-state index contributed by atoms with van der Waals surface area (Å²) < 4.78 is 1.24. The molecule has 2 fully saturated rings. The highest BCUT2D eigenvalue weighted by atomic mass is 16.3. The number of hydrogen-bond acceptors (Lipinski definition) is 4. The van der Waals surface area contributed by atoms with E-state index in [2.05, 4.69) is 10.4 Å². The smallest absolute Gasteiger partial charge is 0.271 e. The van der Waals surface area contributed by atoms with Crippen LogP contribution in [0.25, 0.3) is 5.69 Å². The minimum atomic E-state index is -0.291. The Morgan fingerprint density at radius 2 is 1.92 bits per heavy atom. The molecule has 1 aromatic carbocycles. The predicted molar refractivity (Wildman–Crippen MR) is 92.5 cm³/mol. The van der Waals surface area contributed by atoms with E-state index in [0.29, 0.717) is 17.5 Å². The Labute approximate surface area is 145 Å². The van der Waals surface area contributed by atoms with Gasteiger partial charge < -0.3 is 10.4 Å². The fraction of sp³-hybridized carbons (Fsp3) is 0.421. The second-order valence-corrected chi connectivity index (χ2v) is 6.98. The van der Waals surface area contributed by atoms with Crippen molar-refractivity contribution in [1.82, 2.24) is 15.1 Å². The Bertz CT molecular complexity index is 833. The van der Waals surface area contributed by atoms with Crippen LogP contribution in [0.5, 0.6) is 0 Å². The summed E-state index contributed by atoms with van der Waals surface area (Å²) in [7, 11) is 0. The molecule has 2 aromatic rings. The van der Waals surface area contributed by atoms with E-state index in [1.54, 1.807) is 12.1 Å². The van der Waals surface area contributed by atoms with Gasteiger partial charge in [0.2, 0.25) is 0 Å². The summed E-state index contributed by atoms with van der Waals surface area (Å²) >= 11 is 0. The van der Waals surface area contributed by atoms with Crippen molar-refractivity contribution >= 4 is 5.91 Å². The normalized spacial score (nSPS) is 27.4. The van der Waals surface area contributed by atoms with Crippen molar-refractivity contribution < 1.29 is 9.90 Å². The van der Waals surface area contributed by atoms with Gasteiger partial charge in [0.1, 0.15) is 5.69 Å². The number of fused-ring (bicyclic) bond motifs is 2. The largest absolute Gasteiger partial charge is 0.396 e. The summed E-state index contributed by atoms with van der Waals surface area (Å²) in [6, 6.07) is 11.8. The Kier molecular flexibility index (Phi) is 4.13. The van der Waals surface area contributed by atoms with Gasteiger partial charge in [-0.3, -0.25) is 9.59 Å². The molecule has 0 radical (unpaired) electrons. The minimum Gasteiger partial charge on any atom is -0.396 e. The van der Waals surface area contributed by atoms with E-state index < -0.39 is 0 Å². The Morgan fingerprint density at radius 1 is 1.16 bits per heavy atom. The van der Waals surface area contributed by atoms with E-state index >= 15 is 0 Å². The van der Waals surface area contributed by atoms with Crippen molar-refractivity contribution in [3.63, 3.8) is 0 Å². The van der Waals surface area contributed by atoms with Crippen LogP contribution in [0.15, 0.2) is 47.3 Å².